The Morgan fingerprint density at radius 2 is 1.75 bits per heavy atom. The Balaban J connectivity index is 1.63. The molecule has 0 spiro atoms. The molecule has 0 unspecified atom stereocenters. The van der Waals surface area contributed by atoms with Gasteiger partial charge in [0.2, 0.25) is 10.0 Å². The zero-order valence-electron chi connectivity index (χ0n) is 16.6. The van der Waals surface area contributed by atoms with E-state index in [2.05, 4.69) is 0 Å². The molecule has 3 rings (SSSR count). The van der Waals surface area contributed by atoms with Crippen LogP contribution in [0.1, 0.15) is 20.3 Å². The Morgan fingerprint density at radius 3 is 2.39 bits per heavy atom. The molecule has 0 saturated carbocycles. The van der Waals surface area contributed by atoms with E-state index in [4.69, 9.17) is 9.47 Å². The fraction of sp³-hybridized carbons (Fsp3) is 0.632. The van der Waals surface area contributed by atoms with Gasteiger partial charge in [0.25, 0.3) is 5.91 Å². The first-order chi connectivity index (χ1) is 13.5. The van der Waals surface area contributed by atoms with Crippen molar-refractivity contribution in [2.45, 2.75) is 25.2 Å². The molecule has 1 N–H and O–H groups in total. The van der Waals surface area contributed by atoms with Crippen molar-refractivity contribution < 1.29 is 27.6 Å². The van der Waals surface area contributed by atoms with Crippen LogP contribution in [0.25, 0.3) is 0 Å². The number of benzene rings is 1. The second-order valence-electron chi connectivity index (χ2n) is 7.06. The Kier molecular flexibility index (Phi) is 6.79. The predicted molar refractivity (Wildman–Crippen MR) is 104 cm³/mol. The average molecular weight is 413 g/mol. The number of carbonyl (C=O) groups is 1. The van der Waals surface area contributed by atoms with Crippen molar-refractivity contribution in [1.82, 2.24) is 9.21 Å². The monoisotopic (exact) mass is 412 g/mol. The molecular formula is C19H30N3O5S+. The van der Waals surface area contributed by atoms with Gasteiger partial charge < -0.3 is 19.3 Å². The fourth-order valence-corrected chi connectivity index (χ4v) is 5.03. The SMILES string of the molecule is CCN(CC)C(=O)C[NH+]1CCN(S(=O)(=O)c2ccc3c(c2)OCCCO3)CC1. The van der Waals surface area contributed by atoms with Gasteiger partial charge in [0.05, 0.1) is 44.3 Å². The number of nitrogens with one attached hydrogen (secondary N) is 1. The number of rotatable bonds is 6. The number of fused-ring (bicyclic) bond motifs is 1. The summed E-state index contributed by atoms with van der Waals surface area (Å²) in [5.41, 5.74) is 0. The number of amides is 1. The normalized spacial score (nSPS) is 18.5. The van der Waals surface area contributed by atoms with E-state index in [1.54, 1.807) is 18.2 Å². The van der Waals surface area contributed by atoms with E-state index in [1.165, 1.54) is 4.31 Å². The number of likely N-dealkylation sites (N-methyl/N-ethyl adjacent to an activating group) is 1. The third-order valence-corrected chi connectivity index (χ3v) is 7.20. The molecule has 2 aliphatic rings. The highest BCUT2D eigenvalue weighted by molar-refractivity contribution is 7.89. The number of nitrogens with zero attached hydrogens (tertiary/aromatic N) is 2. The average Bonchev–Trinajstić information content (AvgIpc) is 2.94. The maximum atomic E-state index is 13.0. The van der Waals surface area contributed by atoms with Crippen LogP contribution < -0.4 is 14.4 Å². The highest BCUT2D eigenvalue weighted by atomic mass is 32.2. The van der Waals surface area contributed by atoms with Gasteiger partial charge in [-0.25, -0.2) is 8.42 Å². The minimum absolute atomic E-state index is 0.124. The molecule has 0 aliphatic carbocycles. The van der Waals surface area contributed by atoms with E-state index in [0.29, 0.717) is 70.5 Å². The number of hydrogen-bond donors (Lipinski definition) is 1. The van der Waals surface area contributed by atoms with Crippen LogP contribution in [0.4, 0.5) is 0 Å². The number of hydrogen-bond acceptors (Lipinski definition) is 5. The van der Waals surface area contributed by atoms with Crippen molar-refractivity contribution in [1.29, 1.82) is 0 Å². The molecule has 9 heteroatoms. The Hall–Kier alpha value is -1.84. The summed E-state index contributed by atoms with van der Waals surface area (Å²) in [5.74, 6) is 1.19. The fourth-order valence-electron chi connectivity index (χ4n) is 3.57. The third kappa shape index (κ3) is 4.59. The molecule has 156 valence electrons. The number of carbonyl (C=O) groups excluding carboxylic acids is 1. The summed E-state index contributed by atoms with van der Waals surface area (Å²) in [4.78, 5) is 15.4. The molecule has 8 nitrogen and oxygen atoms in total. The summed E-state index contributed by atoms with van der Waals surface area (Å²) in [6.45, 7) is 8.88. The molecule has 0 aromatic heterocycles. The maximum absolute atomic E-state index is 13.0. The van der Waals surface area contributed by atoms with Gasteiger partial charge in [-0.2, -0.15) is 4.31 Å². The maximum Gasteiger partial charge on any atom is 0.277 e. The lowest BCUT2D eigenvalue weighted by Gasteiger charge is -2.32. The quantitative estimate of drug-likeness (QED) is 0.688. The lowest BCUT2D eigenvalue weighted by molar-refractivity contribution is -0.896. The summed E-state index contributed by atoms with van der Waals surface area (Å²) in [6.07, 6.45) is 0.772. The first-order valence-electron chi connectivity index (χ1n) is 9.96. The zero-order chi connectivity index (χ0) is 20.1. The molecular weight excluding hydrogens is 382 g/mol. The summed E-state index contributed by atoms with van der Waals surface area (Å²) in [7, 11) is -3.60. The molecule has 1 aromatic rings. The molecule has 0 bridgehead atoms. The van der Waals surface area contributed by atoms with Crippen LogP contribution in [-0.2, 0) is 14.8 Å². The largest absolute Gasteiger partial charge is 0.490 e. The van der Waals surface area contributed by atoms with Crippen LogP contribution in [0, 0.1) is 0 Å². The van der Waals surface area contributed by atoms with Crippen molar-refractivity contribution in [3.63, 3.8) is 0 Å². The molecule has 0 radical (unpaired) electrons. The second-order valence-corrected chi connectivity index (χ2v) is 8.99. The van der Waals surface area contributed by atoms with Crippen molar-refractivity contribution in [3.8, 4) is 11.5 Å². The third-order valence-electron chi connectivity index (χ3n) is 5.30. The van der Waals surface area contributed by atoms with Crippen LogP contribution in [-0.4, -0.2) is 82.6 Å². The molecule has 2 heterocycles. The van der Waals surface area contributed by atoms with Gasteiger partial charge >= 0.3 is 0 Å². The highest BCUT2D eigenvalue weighted by Crippen LogP contribution is 2.32. The van der Waals surface area contributed by atoms with Crippen LogP contribution in [0.15, 0.2) is 23.1 Å². The van der Waals surface area contributed by atoms with Crippen LogP contribution in [0.5, 0.6) is 11.5 Å². The molecule has 2 aliphatic heterocycles. The Morgan fingerprint density at radius 1 is 1.11 bits per heavy atom. The van der Waals surface area contributed by atoms with Gasteiger partial charge in [-0.1, -0.05) is 0 Å². The van der Waals surface area contributed by atoms with E-state index in [-0.39, 0.29) is 10.8 Å². The highest BCUT2D eigenvalue weighted by Gasteiger charge is 2.32. The van der Waals surface area contributed by atoms with E-state index in [0.717, 1.165) is 11.3 Å². The molecule has 1 saturated heterocycles. The lowest BCUT2D eigenvalue weighted by Crippen LogP contribution is -3.15. The molecule has 0 atom stereocenters. The number of sulfonamides is 1. The predicted octanol–water partition coefficient (Wildman–Crippen LogP) is -0.394. The molecule has 1 amide bonds. The first-order valence-corrected chi connectivity index (χ1v) is 11.4. The summed E-state index contributed by atoms with van der Waals surface area (Å²) >= 11 is 0. The summed E-state index contributed by atoms with van der Waals surface area (Å²) in [6, 6.07) is 4.79. The molecule has 28 heavy (non-hydrogen) atoms. The van der Waals surface area contributed by atoms with E-state index in [1.807, 2.05) is 18.7 Å². The van der Waals surface area contributed by atoms with Crippen LogP contribution >= 0.6 is 0 Å². The molecule has 1 aromatic carbocycles. The number of piperazine rings is 1. The van der Waals surface area contributed by atoms with Crippen molar-refractivity contribution in [3.05, 3.63) is 18.2 Å². The van der Waals surface area contributed by atoms with Crippen LogP contribution in [0.2, 0.25) is 0 Å². The number of ether oxygens (including phenoxy) is 2. The van der Waals surface area contributed by atoms with Crippen molar-refractivity contribution in [2.75, 3.05) is 59.0 Å². The zero-order valence-corrected chi connectivity index (χ0v) is 17.5. The van der Waals surface area contributed by atoms with Gasteiger partial charge in [0.1, 0.15) is 0 Å². The Labute approximate surface area is 167 Å². The summed E-state index contributed by atoms with van der Waals surface area (Å²) in [5, 5.41) is 0. The summed E-state index contributed by atoms with van der Waals surface area (Å²) < 4.78 is 38.8. The van der Waals surface area contributed by atoms with E-state index in [9.17, 15) is 13.2 Å². The standard InChI is InChI=1S/C19H29N3O5S/c1-3-21(4-2)19(23)15-20-8-10-22(11-9-20)28(24,25)16-6-7-17-18(14-16)27-13-5-12-26-17/h6-7,14H,3-5,8-13,15H2,1-2H3/p+1. The van der Waals surface area contributed by atoms with Crippen LogP contribution in [0.3, 0.4) is 0 Å². The van der Waals surface area contributed by atoms with Crippen molar-refractivity contribution in [2.24, 2.45) is 0 Å². The smallest absolute Gasteiger partial charge is 0.277 e. The minimum atomic E-state index is -3.60. The van der Waals surface area contributed by atoms with E-state index < -0.39 is 10.0 Å². The lowest BCUT2D eigenvalue weighted by atomic mass is 10.3. The van der Waals surface area contributed by atoms with Gasteiger partial charge in [-0.05, 0) is 26.0 Å². The van der Waals surface area contributed by atoms with Gasteiger partial charge in [-0.15, -0.1) is 0 Å². The van der Waals surface area contributed by atoms with Gasteiger partial charge in [-0.3, -0.25) is 4.79 Å². The topological polar surface area (TPSA) is 80.6 Å². The first kappa shape index (κ1) is 20.9. The van der Waals surface area contributed by atoms with Crippen molar-refractivity contribution >= 4 is 15.9 Å². The Bertz CT molecular complexity index is 787. The molecule has 1 fully saturated rings. The van der Waals surface area contributed by atoms with E-state index >= 15 is 0 Å². The minimum Gasteiger partial charge on any atom is -0.490 e. The van der Waals surface area contributed by atoms with Gasteiger partial charge in [0, 0.05) is 25.6 Å². The number of quaternary nitrogens is 1. The van der Waals surface area contributed by atoms with Gasteiger partial charge in [0.15, 0.2) is 18.0 Å². The second kappa shape index (κ2) is 9.11.